The van der Waals surface area contributed by atoms with Crippen LogP contribution >= 0.6 is 0 Å². The third-order valence-corrected chi connectivity index (χ3v) is 4.71. The van der Waals surface area contributed by atoms with Crippen molar-refractivity contribution in [1.82, 2.24) is 20.2 Å². The Balaban J connectivity index is 1.45. The Morgan fingerprint density at radius 2 is 1.86 bits per heavy atom. The highest BCUT2D eigenvalue weighted by atomic mass is 16.1. The molecule has 1 fully saturated rings. The molecule has 6 heteroatoms. The minimum absolute atomic E-state index is 0.164. The molecule has 2 aromatic rings. The monoisotopic (exact) mass is 379 g/mol. The van der Waals surface area contributed by atoms with Crippen molar-refractivity contribution in [3.8, 4) is 0 Å². The SMILES string of the molecule is CC(C)CNC(=O)c1cnc(N2CCN(C/C=C/c3ccccc3)CC2)cn1. The number of rotatable bonds is 7. The molecule has 1 aliphatic heterocycles. The van der Waals surface area contributed by atoms with Crippen LogP contribution in [0.2, 0.25) is 0 Å². The topological polar surface area (TPSA) is 61.4 Å². The molecule has 0 aliphatic carbocycles. The van der Waals surface area contributed by atoms with Crippen molar-refractivity contribution in [2.45, 2.75) is 13.8 Å². The van der Waals surface area contributed by atoms with Gasteiger partial charge in [0.15, 0.2) is 0 Å². The third-order valence-electron chi connectivity index (χ3n) is 4.71. The molecule has 0 bridgehead atoms. The summed E-state index contributed by atoms with van der Waals surface area (Å²) in [6, 6.07) is 10.4. The number of aromatic nitrogens is 2. The lowest BCUT2D eigenvalue weighted by atomic mass is 10.2. The number of hydrogen-bond donors (Lipinski definition) is 1. The second-order valence-corrected chi connectivity index (χ2v) is 7.46. The molecule has 2 heterocycles. The van der Waals surface area contributed by atoms with Crippen LogP contribution in [0, 0.1) is 5.92 Å². The van der Waals surface area contributed by atoms with E-state index in [0.29, 0.717) is 18.2 Å². The first-order valence-corrected chi connectivity index (χ1v) is 9.91. The summed E-state index contributed by atoms with van der Waals surface area (Å²) < 4.78 is 0. The summed E-state index contributed by atoms with van der Waals surface area (Å²) in [5.74, 6) is 1.08. The minimum atomic E-state index is -0.164. The van der Waals surface area contributed by atoms with Gasteiger partial charge < -0.3 is 10.2 Å². The second-order valence-electron chi connectivity index (χ2n) is 7.46. The Labute approximate surface area is 167 Å². The first-order chi connectivity index (χ1) is 13.6. The molecule has 0 unspecified atom stereocenters. The standard InChI is InChI=1S/C22H29N5O/c1-18(2)15-25-22(28)20-16-24-21(17-23-20)27-13-11-26(12-14-27)10-6-9-19-7-4-3-5-8-19/h3-9,16-18H,10-15H2,1-2H3,(H,25,28)/b9-6+. The van der Waals surface area contributed by atoms with Crippen LogP contribution in [0.25, 0.3) is 6.08 Å². The molecule has 0 radical (unpaired) electrons. The van der Waals surface area contributed by atoms with Crippen LogP contribution < -0.4 is 10.2 Å². The predicted molar refractivity (Wildman–Crippen MR) is 113 cm³/mol. The number of benzene rings is 1. The normalized spacial score (nSPS) is 15.3. The van der Waals surface area contributed by atoms with Crippen LogP contribution in [0.3, 0.4) is 0 Å². The zero-order valence-electron chi connectivity index (χ0n) is 16.7. The number of carbonyl (C=O) groups is 1. The van der Waals surface area contributed by atoms with Crippen molar-refractivity contribution in [3.05, 3.63) is 60.1 Å². The first kappa shape index (κ1) is 20.0. The molecule has 28 heavy (non-hydrogen) atoms. The highest BCUT2D eigenvalue weighted by Gasteiger charge is 2.18. The van der Waals surface area contributed by atoms with Crippen LogP contribution in [0.1, 0.15) is 29.9 Å². The van der Waals surface area contributed by atoms with E-state index in [1.165, 1.54) is 5.56 Å². The fourth-order valence-corrected chi connectivity index (χ4v) is 3.05. The van der Waals surface area contributed by atoms with Crippen LogP contribution in [0.15, 0.2) is 48.8 Å². The molecule has 0 atom stereocenters. The van der Waals surface area contributed by atoms with Crippen molar-refractivity contribution >= 4 is 17.8 Å². The second kappa shape index (κ2) is 9.99. The maximum Gasteiger partial charge on any atom is 0.271 e. The van der Waals surface area contributed by atoms with Crippen molar-refractivity contribution in [1.29, 1.82) is 0 Å². The van der Waals surface area contributed by atoms with Gasteiger partial charge in [-0.15, -0.1) is 0 Å². The van der Waals surface area contributed by atoms with Gasteiger partial charge in [0.25, 0.3) is 5.91 Å². The molecule has 1 saturated heterocycles. The zero-order chi connectivity index (χ0) is 19.8. The lowest BCUT2D eigenvalue weighted by molar-refractivity contribution is 0.0943. The molecule has 1 N–H and O–H groups in total. The van der Waals surface area contributed by atoms with E-state index in [4.69, 9.17) is 0 Å². The lowest BCUT2D eigenvalue weighted by Crippen LogP contribution is -2.46. The molecular formula is C22H29N5O. The minimum Gasteiger partial charge on any atom is -0.353 e. The number of anilines is 1. The largest absolute Gasteiger partial charge is 0.353 e. The van der Waals surface area contributed by atoms with Crippen LogP contribution in [0.5, 0.6) is 0 Å². The van der Waals surface area contributed by atoms with Gasteiger partial charge in [-0.3, -0.25) is 9.69 Å². The molecule has 148 valence electrons. The highest BCUT2D eigenvalue weighted by Crippen LogP contribution is 2.13. The lowest BCUT2D eigenvalue weighted by Gasteiger charge is -2.34. The maximum atomic E-state index is 12.0. The van der Waals surface area contributed by atoms with Crippen LogP contribution in [-0.2, 0) is 0 Å². The number of piperazine rings is 1. The van der Waals surface area contributed by atoms with Gasteiger partial charge in [0.1, 0.15) is 11.5 Å². The maximum absolute atomic E-state index is 12.0. The van der Waals surface area contributed by atoms with E-state index < -0.39 is 0 Å². The molecule has 1 aromatic carbocycles. The Morgan fingerprint density at radius 1 is 1.11 bits per heavy atom. The number of hydrogen-bond acceptors (Lipinski definition) is 5. The van der Waals surface area contributed by atoms with Gasteiger partial charge in [-0.25, -0.2) is 9.97 Å². The van der Waals surface area contributed by atoms with Crippen molar-refractivity contribution < 1.29 is 4.79 Å². The predicted octanol–water partition coefficient (Wildman–Crippen LogP) is 2.70. The third kappa shape index (κ3) is 5.89. The quantitative estimate of drug-likeness (QED) is 0.801. The van der Waals surface area contributed by atoms with Gasteiger partial charge >= 0.3 is 0 Å². The number of carbonyl (C=O) groups excluding carboxylic acids is 1. The van der Waals surface area contributed by atoms with Gasteiger partial charge in [0.2, 0.25) is 0 Å². The van der Waals surface area contributed by atoms with Gasteiger partial charge in [0, 0.05) is 39.3 Å². The first-order valence-electron chi connectivity index (χ1n) is 9.91. The van der Waals surface area contributed by atoms with Crippen molar-refractivity contribution in [2.75, 3.05) is 44.2 Å². The number of amides is 1. The van der Waals surface area contributed by atoms with Crippen LogP contribution in [-0.4, -0.2) is 60.0 Å². The van der Waals surface area contributed by atoms with E-state index in [1.807, 2.05) is 6.07 Å². The average Bonchev–Trinajstić information content (AvgIpc) is 2.73. The van der Waals surface area contributed by atoms with Gasteiger partial charge in [-0.05, 0) is 11.5 Å². The van der Waals surface area contributed by atoms with Crippen LogP contribution in [0.4, 0.5) is 5.82 Å². The smallest absolute Gasteiger partial charge is 0.271 e. The summed E-state index contributed by atoms with van der Waals surface area (Å²) in [5.41, 5.74) is 1.60. The summed E-state index contributed by atoms with van der Waals surface area (Å²) in [5, 5.41) is 2.87. The molecule has 0 saturated carbocycles. The molecule has 3 rings (SSSR count). The number of nitrogens with one attached hydrogen (secondary N) is 1. The van der Waals surface area contributed by atoms with E-state index in [9.17, 15) is 4.79 Å². The Hall–Kier alpha value is -2.73. The Morgan fingerprint density at radius 3 is 2.50 bits per heavy atom. The van der Waals surface area contributed by atoms with E-state index in [0.717, 1.165) is 38.5 Å². The average molecular weight is 380 g/mol. The summed E-state index contributed by atoms with van der Waals surface area (Å²) >= 11 is 0. The fourth-order valence-electron chi connectivity index (χ4n) is 3.05. The Bertz CT molecular complexity index is 765. The van der Waals surface area contributed by atoms with Gasteiger partial charge in [-0.1, -0.05) is 56.3 Å². The molecule has 1 aromatic heterocycles. The molecule has 1 amide bonds. The van der Waals surface area contributed by atoms with E-state index in [1.54, 1.807) is 12.4 Å². The Kier molecular flexibility index (Phi) is 7.14. The van der Waals surface area contributed by atoms with E-state index in [-0.39, 0.29) is 5.91 Å². The zero-order valence-corrected chi connectivity index (χ0v) is 16.7. The van der Waals surface area contributed by atoms with E-state index >= 15 is 0 Å². The fraction of sp³-hybridized carbons (Fsp3) is 0.409. The number of nitrogens with zero attached hydrogens (tertiary/aromatic N) is 4. The van der Waals surface area contributed by atoms with Gasteiger partial charge in [-0.2, -0.15) is 0 Å². The van der Waals surface area contributed by atoms with Gasteiger partial charge in [0.05, 0.1) is 12.4 Å². The van der Waals surface area contributed by atoms with Crippen molar-refractivity contribution in [3.63, 3.8) is 0 Å². The summed E-state index contributed by atoms with van der Waals surface area (Å²) in [4.78, 5) is 25.4. The van der Waals surface area contributed by atoms with E-state index in [2.05, 4.69) is 75.3 Å². The summed E-state index contributed by atoms with van der Waals surface area (Å²) in [7, 11) is 0. The molecular weight excluding hydrogens is 350 g/mol. The summed E-state index contributed by atoms with van der Waals surface area (Å²) in [6.07, 6.45) is 7.66. The molecule has 0 spiro atoms. The van der Waals surface area contributed by atoms with Crippen molar-refractivity contribution in [2.24, 2.45) is 5.92 Å². The summed E-state index contributed by atoms with van der Waals surface area (Å²) in [6.45, 7) is 9.50. The molecule has 1 aliphatic rings. The molecule has 6 nitrogen and oxygen atoms in total. The highest BCUT2D eigenvalue weighted by molar-refractivity contribution is 5.92.